The van der Waals surface area contributed by atoms with Crippen molar-refractivity contribution in [3.63, 3.8) is 0 Å². The number of aromatic nitrogens is 2. The lowest BCUT2D eigenvalue weighted by Gasteiger charge is -2.03. The van der Waals surface area contributed by atoms with Crippen molar-refractivity contribution in [2.45, 2.75) is 12.8 Å². The van der Waals surface area contributed by atoms with E-state index in [4.69, 9.17) is 9.57 Å². The molecule has 2 aromatic carbocycles. The molecule has 8 nitrogen and oxygen atoms in total. The Labute approximate surface area is 174 Å². The number of ether oxygens (including phenoxy) is 1. The van der Waals surface area contributed by atoms with E-state index >= 15 is 0 Å². The first-order valence-electron chi connectivity index (χ1n) is 8.93. The van der Waals surface area contributed by atoms with Crippen LogP contribution in [0.3, 0.4) is 0 Å². The quantitative estimate of drug-likeness (QED) is 0.429. The molecule has 0 saturated carbocycles. The maximum absolute atomic E-state index is 12.5. The summed E-state index contributed by atoms with van der Waals surface area (Å²) in [6.07, 6.45) is -3.32. The van der Waals surface area contributed by atoms with Crippen molar-refractivity contribution in [1.82, 2.24) is 15.5 Å². The number of carbonyl (C=O) groups excluding carboxylic acids is 1. The summed E-state index contributed by atoms with van der Waals surface area (Å²) in [6, 6.07) is 13.0. The first-order chi connectivity index (χ1) is 14.9. The van der Waals surface area contributed by atoms with Crippen molar-refractivity contribution in [3.8, 4) is 17.1 Å². The largest absolute Gasteiger partial charge is 0.497 e. The van der Waals surface area contributed by atoms with Crippen LogP contribution in [0, 0.1) is 0 Å². The number of oxime groups is 1. The molecule has 3 aromatic rings. The standard InChI is InChI=1S/C20H17F3N4O4/c1-29-16-8-2-13(3-9-16)12-30-25-11-10-24-18(28)15-6-4-14(5-7-15)17-26-19(31-27-17)20(21,22)23/h2-9,11H,10,12H2,1H3,(H,24,28). The number of amides is 1. The molecule has 11 heteroatoms. The second-order valence-electron chi connectivity index (χ2n) is 6.12. The molecule has 1 N–H and O–H groups in total. The Balaban J connectivity index is 1.45. The highest BCUT2D eigenvalue weighted by atomic mass is 19.4. The first-order valence-corrected chi connectivity index (χ1v) is 8.93. The lowest BCUT2D eigenvalue weighted by atomic mass is 10.1. The van der Waals surface area contributed by atoms with E-state index in [9.17, 15) is 18.0 Å². The topological polar surface area (TPSA) is 98.8 Å². The predicted octanol–water partition coefficient (Wildman–Crippen LogP) is 3.70. The van der Waals surface area contributed by atoms with Gasteiger partial charge in [0.25, 0.3) is 5.91 Å². The summed E-state index contributed by atoms with van der Waals surface area (Å²) >= 11 is 0. The fraction of sp³-hybridized carbons (Fsp3) is 0.200. The van der Waals surface area contributed by atoms with Crippen LogP contribution in [0.15, 0.2) is 58.2 Å². The number of nitrogens with zero attached hydrogens (tertiary/aromatic N) is 3. The lowest BCUT2D eigenvalue weighted by molar-refractivity contribution is -0.159. The number of hydrogen-bond acceptors (Lipinski definition) is 7. The SMILES string of the molecule is COc1ccc(CON=CCNC(=O)c2ccc(-c3noc(C(F)(F)F)n3)cc2)cc1. The smallest absolute Gasteiger partial charge is 0.471 e. The van der Waals surface area contributed by atoms with E-state index in [1.54, 1.807) is 7.11 Å². The van der Waals surface area contributed by atoms with Crippen LogP contribution >= 0.6 is 0 Å². The fourth-order valence-corrected chi connectivity index (χ4v) is 2.39. The van der Waals surface area contributed by atoms with E-state index in [1.807, 2.05) is 24.3 Å². The third-order valence-corrected chi connectivity index (χ3v) is 3.97. The van der Waals surface area contributed by atoms with Gasteiger partial charge in [-0.2, -0.15) is 18.2 Å². The Morgan fingerprint density at radius 2 is 1.87 bits per heavy atom. The number of carbonyl (C=O) groups is 1. The number of rotatable bonds is 8. The molecule has 3 rings (SSSR count). The average molecular weight is 434 g/mol. The van der Waals surface area contributed by atoms with Crippen molar-refractivity contribution in [2.75, 3.05) is 13.7 Å². The minimum absolute atomic E-state index is 0.128. The molecule has 31 heavy (non-hydrogen) atoms. The number of methoxy groups -OCH3 is 1. The van der Waals surface area contributed by atoms with E-state index in [2.05, 4.69) is 25.1 Å². The molecule has 1 amide bonds. The molecular weight excluding hydrogens is 417 g/mol. The Morgan fingerprint density at radius 1 is 1.16 bits per heavy atom. The summed E-state index contributed by atoms with van der Waals surface area (Å²) < 4.78 is 46.8. The third kappa shape index (κ3) is 6.04. The molecule has 0 fully saturated rings. The van der Waals surface area contributed by atoms with Crippen LogP contribution in [0.25, 0.3) is 11.4 Å². The molecule has 0 aliphatic carbocycles. The van der Waals surface area contributed by atoms with Gasteiger partial charge >= 0.3 is 12.1 Å². The van der Waals surface area contributed by atoms with Crippen molar-refractivity contribution in [1.29, 1.82) is 0 Å². The Morgan fingerprint density at radius 3 is 2.48 bits per heavy atom. The normalized spacial score (nSPS) is 11.5. The highest BCUT2D eigenvalue weighted by Gasteiger charge is 2.38. The summed E-state index contributed by atoms with van der Waals surface area (Å²) in [5.41, 5.74) is 1.49. The van der Waals surface area contributed by atoms with Crippen molar-refractivity contribution < 1.29 is 32.1 Å². The highest BCUT2D eigenvalue weighted by molar-refractivity contribution is 5.95. The first kappa shape index (κ1) is 21.8. The van der Waals surface area contributed by atoms with Gasteiger partial charge in [0.2, 0.25) is 5.82 Å². The Kier molecular flexibility index (Phi) is 6.85. The molecule has 0 bridgehead atoms. The molecule has 0 aliphatic rings. The van der Waals surface area contributed by atoms with Crippen molar-refractivity contribution in [3.05, 3.63) is 65.5 Å². The van der Waals surface area contributed by atoms with Gasteiger partial charge in [-0.1, -0.05) is 34.6 Å². The van der Waals surface area contributed by atoms with Gasteiger partial charge in [0, 0.05) is 11.1 Å². The molecule has 0 radical (unpaired) electrons. The maximum Gasteiger partial charge on any atom is 0.471 e. The van der Waals surface area contributed by atoms with Crippen LogP contribution in [0.4, 0.5) is 13.2 Å². The van der Waals surface area contributed by atoms with Gasteiger partial charge in [0.05, 0.1) is 19.9 Å². The zero-order valence-corrected chi connectivity index (χ0v) is 16.2. The van der Waals surface area contributed by atoms with E-state index in [-0.39, 0.29) is 24.5 Å². The average Bonchev–Trinajstić information content (AvgIpc) is 3.27. The zero-order valence-electron chi connectivity index (χ0n) is 16.2. The summed E-state index contributed by atoms with van der Waals surface area (Å²) in [5, 5.41) is 9.67. The molecule has 1 heterocycles. The zero-order chi connectivity index (χ0) is 22.3. The van der Waals surface area contributed by atoms with E-state index < -0.39 is 18.0 Å². The number of benzene rings is 2. The summed E-state index contributed by atoms with van der Waals surface area (Å²) in [6.45, 7) is 0.394. The van der Waals surface area contributed by atoms with Gasteiger partial charge in [-0.25, -0.2) is 0 Å². The van der Waals surface area contributed by atoms with Crippen LogP contribution in [0.2, 0.25) is 0 Å². The van der Waals surface area contributed by atoms with Crippen LogP contribution in [-0.2, 0) is 17.6 Å². The number of halogens is 3. The van der Waals surface area contributed by atoms with E-state index in [1.165, 1.54) is 30.5 Å². The van der Waals surface area contributed by atoms with Gasteiger partial charge in [0.1, 0.15) is 12.4 Å². The van der Waals surface area contributed by atoms with Gasteiger partial charge in [-0.3, -0.25) is 4.79 Å². The molecule has 0 unspecified atom stereocenters. The highest BCUT2D eigenvalue weighted by Crippen LogP contribution is 2.29. The predicted molar refractivity (Wildman–Crippen MR) is 103 cm³/mol. The van der Waals surface area contributed by atoms with Crippen LogP contribution in [0.1, 0.15) is 21.8 Å². The van der Waals surface area contributed by atoms with Gasteiger partial charge in [-0.05, 0) is 29.8 Å². The minimum atomic E-state index is -4.72. The second kappa shape index (κ2) is 9.74. The molecule has 0 aliphatic heterocycles. The minimum Gasteiger partial charge on any atom is -0.497 e. The molecule has 0 saturated heterocycles. The molecule has 0 atom stereocenters. The molecule has 1 aromatic heterocycles. The van der Waals surface area contributed by atoms with Crippen molar-refractivity contribution >= 4 is 12.1 Å². The van der Waals surface area contributed by atoms with E-state index in [0.29, 0.717) is 5.56 Å². The molecule has 162 valence electrons. The van der Waals surface area contributed by atoms with Crippen LogP contribution in [0.5, 0.6) is 5.75 Å². The van der Waals surface area contributed by atoms with Gasteiger partial charge in [-0.15, -0.1) is 0 Å². The number of alkyl halides is 3. The summed E-state index contributed by atoms with van der Waals surface area (Å²) in [7, 11) is 1.58. The molecular formula is C20H17F3N4O4. The molecule has 0 spiro atoms. The number of nitrogens with one attached hydrogen (secondary N) is 1. The fourth-order valence-electron chi connectivity index (χ4n) is 2.39. The monoisotopic (exact) mass is 434 g/mol. The van der Waals surface area contributed by atoms with Gasteiger partial charge < -0.3 is 19.4 Å². The van der Waals surface area contributed by atoms with Crippen LogP contribution < -0.4 is 10.1 Å². The summed E-state index contributed by atoms with van der Waals surface area (Å²) in [5.74, 6) is -1.30. The Bertz CT molecular complexity index is 1030. The van der Waals surface area contributed by atoms with Crippen LogP contribution in [-0.4, -0.2) is 35.9 Å². The van der Waals surface area contributed by atoms with Crippen molar-refractivity contribution in [2.24, 2.45) is 5.16 Å². The Hall–Kier alpha value is -3.89. The second-order valence-corrected chi connectivity index (χ2v) is 6.12. The summed E-state index contributed by atoms with van der Waals surface area (Å²) in [4.78, 5) is 20.6. The number of hydrogen-bond donors (Lipinski definition) is 1. The third-order valence-electron chi connectivity index (χ3n) is 3.97. The maximum atomic E-state index is 12.5. The van der Waals surface area contributed by atoms with E-state index in [0.717, 1.165) is 11.3 Å². The lowest BCUT2D eigenvalue weighted by Crippen LogP contribution is -2.25. The van der Waals surface area contributed by atoms with Gasteiger partial charge in [0.15, 0.2) is 0 Å².